The molecule has 1 aromatic carbocycles. The summed E-state index contributed by atoms with van der Waals surface area (Å²) in [5.74, 6) is 0.684. The second-order valence-electron chi connectivity index (χ2n) is 5.24. The third kappa shape index (κ3) is 3.88. The summed E-state index contributed by atoms with van der Waals surface area (Å²) in [4.78, 5) is 13.4. The lowest BCUT2D eigenvalue weighted by Crippen LogP contribution is -2.43. The third-order valence-corrected chi connectivity index (χ3v) is 3.81. The van der Waals surface area contributed by atoms with E-state index in [2.05, 4.69) is 0 Å². The molecule has 0 aromatic heterocycles. The molecule has 5 nitrogen and oxygen atoms in total. The number of aliphatic carboxylic acids is 1. The maximum Gasteiger partial charge on any atom is 0.320 e. The first kappa shape index (κ1) is 15.6. The minimum Gasteiger partial charge on any atom is -0.493 e. The Bertz CT molecular complexity index is 489. The van der Waals surface area contributed by atoms with Crippen LogP contribution in [0.15, 0.2) is 18.2 Å². The van der Waals surface area contributed by atoms with Crippen LogP contribution < -0.4 is 9.47 Å². The van der Waals surface area contributed by atoms with Crippen molar-refractivity contribution >= 4 is 5.97 Å². The predicted octanol–water partition coefficient (Wildman–Crippen LogP) is 2.53. The van der Waals surface area contributed by atoms with E-state index in [1.165, 1.54) is 0 Å². The predicted molar refractivity (Wildman–Crippen MR) is 79.8 cm³/mol. The van der Waals surface area contributed by atoms with Gasteiger partial charge < -0.3 is 14.6 Å². The van der Waals surface area contributed by atoms with Gasteiger partial charge in [0.25, 0.3) is 0 Å². The molecule has 1 saturated heterocycles. The van der Waals surface area contributed by atoms with E-state index in [9.17, 15) is 9.90 Å². The largest absolute Gasteiger partial charge is 0.493 e. The summed E-state index contributed by atoms with van der Waals surface area (Å²) in [6, 6.07) is 5.40. The summed E-state index contributed by atoms with van der Waals surface area (Å²) in [6.45, 7) is 3.95. The van der Waals surface area contributed by atoms with Crippen LogP contribution in [0.4, 0.5) is 0 Å². The van der Waals surface area contributed by atoms with Gasteiger partial charge in [-0.15, -0.1) is 0 Å². The van der Waals surface area contributed by atoms with Crippen molar-refractivity contribution in [1.82, 2.24) is 4.90 Å². The van der Waals surface area contributed by atoms with E-state index in [0.717, 1.165) is 31.4 Å². The second kappa shape index (κ2) is 7.31. The van der Waals surface area contributed by atoms with Crippen molar-refractivity contribution in [2.24, 2.45) is 0 Å². The average Bonchev–Trinajstić information content (AvgIpc) is 2.48. The molecule has 1 aromatic rings. The third-order valence-electron chi connectivity index (χ3n) is 3.81. The molecular weight excluding hydrogens is 270 g/mol. The molecule has 2 rings (SSSR count). The number of rotatable bonds is 6. The Morgan fingerprint density at radius 1 is 1.38 bits per heavy atom. The van der Waals surface area contributed by atoms with E-state index in [0.29, 0.717) is 24.7 Å². The normalized spacial score (nSPS) is 19.2. The summed E-state index contributed by atoms with van der Waals surface area (Å²) >= 11 is 0. The number of methoxy groups -OCH3 is 1. The SMILES string of the molecule is CCOc1cc(CN2CCCCC2C(=O)O)ccc1OC. The van der Waals surface area contributed by atoms with Crippen LogP contribution in [0.2, 0.25) is 0 Å². The molecule has 0 saturated carbocycles. The molecule has 0 radical (unpaired) electrons. The van der Waals surface area contributed by atoms with E-state index in [1.54, 1.807) is 7.11 Å². The Labute approximate surface area is 125 Å². The van der Waals surface area contributed by atoms with Gasteiger partial charge in [0, 0.05) is 6.54 Å². The molecule has 0 amide bonds. The number of carbonyl (C=O) groups is 1. The lowest BCUT2D eigenvalue weighted by Gasteiger charge is -2.32. The summed E-state index contributed by atoms with van der Waals surface area (Å²) in [7, 11) is 1.61. The highest BCUT2D eigenvalue weighted by molar-refractivity contribution is 5.73. The zero-order chi connectivity index (χ0) is 15.2. The minimum absolute atomic E-state index is 0.378. The molecule has 0 aliphatic carbocycles. The van der Waals surface area contributed by atoms with Crippen molar-refractivity contribution in [1.29, 1.82) is 0 Å². The molecule has 116 valence electrons. The van der Waals surface area contributed by atoms with Gasteiger partial charge in [0.05, 0.1) is 13.7 Å². The Kier molecular flexibility index (Phi) is 5.44. The molecule has 21 heavy (non-hydrogen) atoms. The van der Waals surface area contributed by atoms with Crippen molar-refractivity contribution < 1.29 is 19.4 Å². The van der Waals surface area contributed by atoms with Crippen LogP contribution in [0.3, 0.4) is 0 Å². The lowest BCUT2D eigenvalue weighted by molar-refractivity contribution is -0.144. The highest BCUT2D eigenvalue weighted by Crippen LogP contribution is 2.29. The molecule has 1 aliphatic heterocycles. The van der Waals surface area contributed by atoms with Crippen molar-refractivity contribution in [3.05, 3.63) is 23.8 Å². The van der Waals surface area contributed by atoms with Crippen molar-refractivity contribution in [2.45, 2.75) is 38.8 Å². The van der Waals surface area contributed by atoms with Crippen LogP contribution >= 0.6 is 0 Å². The molecule has 1 heterocycles. The number of hydrogen-bond donors (Lipinski definition) is 1. The van der Waals surface area contributed by atoms with Crippen LogP contribution in [-0.4, -0.2) is 42.3 Å². The zero-order valence-electron chi connectivity index (χ0n) is 12.7. The van der Waals surface area contributed by atoms with Crippen molar-refractivity contribution in [3.8, 4) is 11.5 Å². The Morgan fingerprint density at radius 3 is 2.86 bits per heavy atom. The van der Waals surface area contributed by atoms with Crippen molar-refractivity contribution in [3.63, 3.8) is 0 Å². The van der Waals surface area contributed by atoms with Crippen molar-refractivity contribution in [2.75, 3.05) is 20.3 Å². The molecule has 0 spiro atoms. The van der Waals surface area contributed by atoms with Gasteiger partial charge >= 0.3 is 5.97 Å². The van der Waals surface area contributed by atoms with E-state index < -0.39 is 5.97 Å². The van der Waals surface area contributed by atoms with Crippen LogP contribution in [0, 0.1) is 0 Å². The van der Waals surface area contributed by atoms with E-state index in [4.69, 9.17) is 9.47 Å². The molecular formula is C16H23NO4. The molecule has 1 unspecified atom stereocenters. The number of carboxylic acids is 1. The molecule has 1 aliphatic rings. The Morgan fingerprint density at radius 2 is 2.19 bits per heavy atom. The first-order chi connectivity index (χ1) is 10.2. The molecule has 1 N–H and O–H groups in total. The maximum absolute atomic E-state index is 11.3. The van der Waals surface area contributed by atoms with Crippen LogP contribution in [-0.2, 0) is 11.3 Å². The van der Waals surface area contributed by atoms with Gasteiger partial charge in [-0.3, -0.25) is 9.69 Å². The van der Waals surface area contributed by atoms with Gasteiger partial charge in [-0.25, -0.2) is 0 Å². The van der Waals surface area contributed by atoms with Crippen LogP contribution in [0.5, 0.6) is 11.5 Å². The maximum atomic E-state index is 11.3. The van der Waals surface area contributed by atoms with Crippen LogP contribution in [0.25, 0.3) is 0 Å². The molecule has 1 fully saturated rings. The number of likely N-dealkylation sites (tertiary alicyclic amines) is 1. The Balaban J connectivity index is 2.14. The zero-order valence-corrected chi connectivity index (χ0v) is 12.7. The number of nitrogens with zero attached hydrogens (tertiary/aromatic N) is 1. The second-order valence-corrected chi connectivity index (χ2v) is 5.24. The topological polar surface area (TPSA) is 59.0 Å². The highest BCUT2D eigenvalue weighted by Gasteiger charge is 2.28. The number of ether oxygens (including phenoxy) is 2. The fourth-order valence-electron chi connectivity index (χ4n) is 2.78. The van der Waals surface area contributed by atoms with Gasteiger partial charge in [0.15, 0.2) is 11.5 Å². The van der Waals surface area contributed by atoms with E-state index in [1.807, 2.05) is 30.0 Å². The van der Waals surface area contributed by atoms with Gasteiger partial charge in [0.1, 0.15) is 6.04 Å². The van der Waals surface area contributed by atoms with Crippen LogP contribution in [0.1, 0.15) is 31.7 Å². The summed E-state index contributed by atoms with van der Waals surface area (Å²) in [6.07, 6.45) is 2.77. The highest BCUT2D eigenvalue weighted by atomic mass is 16.5. The summed E-state index contributed by atoms with van der Waals surface area (Å²) in [5.41, 5.74) is 1.05. The molecule has 0 bridgehead atoms. The average molecular weight is 293 g/mol. The standard InChI is InChI=1S/C16H23NO4/c1-3-21-15-10-12(7-8-14(15)20-2)11-17-9-5-4-6-13(17)16(18)19/h7-8,10,13H,3-6,9,11H2,1-2H3,(H,18,19). The fourth-order valence-corrected chi connectivity index (χ4v) is 2.78. The number of piperidine rings is 1. The van der Waals surface area contributed by atoms with E-state index >= 15 is 0 Å². The lowest BCUT2D eigenvalue weighted by atomic mass is 10.0. The summed E-state index contributed by atoms with van der Waals surface area (Å²) in [5, 5.41) is 9.32. The monoisotopic (exact) mass is 293 g/mol. The van der Waals surface area contributed by atoms with Gasteiger partial charge in [-0.1, -0.05) is 12.5 Å². The molecule has 1 atom stereocenters. The van der Waals surface area contributed by atoms with Gasteiger partial charge in [-0.05, 0) is 44.0 Å². The smallest absolute Gasteiger partial charge is 0.320 e. The van der Waals surface area contributed by atoms with E-state index in [-0.39, 0.29) is 6.04 Å². The first-order valence-electron chi connectivity index (χ1n) is 7.42. The van der Waals surface area contributed by atoms with Gasteiger partial charge in [0.2, 0.25) is 0 Å². The summed E-state index contributed by atoms with van der Waals surface area (Å²) < 4.78 is 10.8. The van der Waals surface area contributed by atoms with Gasteiger partial charge in [-0.2, -0.15) is 0 Å². The number of benzene rings is 1. The first-order valence-corrected chi connectivity index (χ1v) is 7.42. The minimum atomic E-state index is -0.728. The quantitative estimate of drug-likeness (QED) is 0.873. The number of carboxylic acid groups (broad SMARTS) is 1. The molecule has 5 heteroatoms. The number of hydrogen-bond acceptors (Lipinski definition) is 4. The Hall–Kier alpha value is -1.75. The fraction of sp³-hybridized carbons (Fsp3) is 0.562.